The molecule has 2 heterocycles. The molecule has 0 aliphatic heterocycles. The largest absolute Gasteiger partial charge is 0.481 e. The van der Waals surface area contributed by atoms with E-state index in [1.54, 1.807) is 24.3 Å². The number of benzene rings is 1. The second-order valence-electron chi connectivity index (χ2n) is 11.1. The second kappa shape index (κ2) is 12.5. The minimum atomic E-state index is -0.902. The first-order valence-corrected chi connectivity index (χ1v) is 14.4. The lowest BCUT2D eigenvalue weighted by molar-refractivity contribution is -0.137. The van der Waals surface area contributed by atoms with Crippen molar-refractivity contribution in [3.05, 3.63) is 53.7 Å². The Hall–Kier alpha value is -3.88. The van der Waals surface area contributed by atoms with Crippen molar-refractivity contribution in [2.75, 3.05) is 12.4 Å². The van der Waals surface area contributed by atoms with Crippen LogP contribution in [0.2, 0.25) is 0 Å². The maximum Gasteiger partial charge on any atom is 0.337 e. The monoisotopic (exact) mass is 546 g/mol. The molecule has 1 unspecified atom stereocenters. The van der Waals surface area contributed by atoms with Gasteiger partial charge in [-0.15, -0.1) is 0 Å². The maximum atomic E-state index is 13.3. The molecule has 2 saturated carbocycles. The number of carboxylic acid groups (broad SMARTS) is 1. The van der Waals surface area contributed by atoms with E-state index in [2.05, 4.69) is 10.6 Å². The number of amides is 1. The Bertz CT molecular complexity index is 1350. The Morgan fingerprint density at radius 3 is 2.30 bits per heavy atom. The van der Waals surface area contributed by atoms with Gasteiger partial charge in [0.15, 0.2) is 0 Å². The van der Waals surface area contributed by atoms with Gasteiger partial charge >= 0.3 is 11.9 Å². The number of aromatic nitrogens is 2. The molecule has 0 saturated heterocycles. The van der Waals surface area contributed by atoms with Crippen molar-refractivity contribution in [2.45, 2.75) is 82.7 Å². The number of aliphatic carboxylic acids is 1. The fourth-order valence-electron chi connectivity index (χ4n) is 6.16. The van der Waals surface area contributed by atoms with Crippen LogP contribution in [0.3, 0.4) is 0 Å². The van der Waals surface area contributed by atoms with Gasteiger partial charge in [0.05, 0.1) is 19.1 Å². The summed E-state index contributed by atoms with van der Waals surface area (Å²) in [6, 6.07) is 10.6. The Balaban J connectivity index is 1.45. The molecule has 2 aliphatic carbocycles. The fraction of sp³-hybridized carbons (Fsp3) is 0.484. The van der Waals surface area contributed by atoms with E-state index in [1.807, 2.05) is 22.7 Å². The highest BCUT2D eigenvalue weighted by Gasteiger charge is 2.28. The normalized spacial score (nSPS) is 17.3. The molecule has 3 aromatic rings. The zero-order valence-corrected chi connectivity index (χ0v) is 23.0. The van der Waals surface area contributed by atoms with E-state index in [9.17, 15) is 19.5 Å². The molecule has 5 rings (SSSR count). The Kier molecular flexibility index (Phi) is 8.67. The molecular weight excluding hydrogens is 508 g/mol. The molecule has 1 atom stereocenters. The summed E-state index contributed by atoms with van der Waals surface area (Å²) in [4.78, 5) is 41.8. The summed E-state index contributed by atoms with van der Waals surface area (Å²) in [5.74, 6) is -0.554. The first-order valence-electron chi connectivity index (χ1n) is 14.4. The Morgan fingerprint density at radius 2 is 1.65 bits per heavy atom. The van der Waals surface area contributed by atoms with Gasteiger partial charge in [-0.25, -0.2) is 9.78 Å². The average molecular weight is 547 g/mol. The number of carbonyl (C=O) groups is 3. The number of methoxy groups -OCH3 is 1. The molecule has 40 heavy (non-hydrogen) atoms. The van der Waals surface area contributed by atoms with Gasteiger partial charge in [-0.3, -0.25) is 14.0 Å². The first-order chi connectivity index (χ1) is 19.4. The zero-order valence-electron chi connectivity index (χ0n) is 23.0. The number of pyridine rings is 1. The molecule has 1 amide bonds. The van der Waals surface area contributed by atoms with Crippen LogP contribution in [0.1, 0.15) is 91.3 Å². The van der Waals surface area contributed by atoms with Crippen molar-refractivity contribution >= 4 is 29.3 Å². The van der Waals surface area contributed by atoms with Crippen LogP contribution in [0.25, 0.3) is 16.9 Å². The highest BCUT2D eigenvalue weighted by Crippen LogP contribution is 2.33. The molecule has 0 radical (unpaired) electrons. The molecule has 3 N–H and O–H groups in total. The van der Waals surface area contributed by atoms with Crippen LogP contribution in [0.4, 0.5) is 5.82 Å². The number of anilines is 1. The van der Waals surface area contributed by atoms with E-state index in [0.717, 1.165) is 62.0 Å². The van der Waals surface area contributed by atoms with E-state index in [-0.39, 0.29) is 18.2 Å². The van der Waals surface area contributed by atoms with Crippen LogP contribution < -0.4 is 10.6 Å². The van der Waals surface area contributed by atoms with E-state index in [1.165, 1.54) is 26.4 Å². The van der Waals surface area contributed by atoms with Crippen molar-refractivity contribution in [3.8, 4) is 11.3 Å². The van der Waals surface area contributed by atoms with Gasteiger partial charge in [-0.1, -0.05) is 50.7 Å². The van der Waals surface area contributed by atoms with Gasteiger partial charge in [0, 0.05) is 29.4 Å². The predicted molar refractivity (Wildman–Crippen MR) is 153 cm³/mol. The maximum absolute atomic E-state index is 13.3. The molecule has 212 valence electrons. The van der Waals surface area contributed by atoms with Crippen molar-refractivity contribution in [3.63, 3.8) is 0 Å². The number of rotatable bonds is 9. The number of nitrogens with one attached hydrogen (secondary N) is 2. The highest BCUT2D eigenvalue weighted by atomic mass is 16.5. The number of hydrogen-bond donors (Lipinski definition) is 3. The topological polar surface area (TPSA) is 122 Å². The minimum absolute atomic E-state index is 0.0802. The van der Waals surface area contributed by atoms with Crippen molar-refractivity contribution in [2.24, 2.45) is 5.92 Å². The van der Waals surface area contributed by atoms with Crippen LogP contribution in [0, 0.1) is 5.92 Å². The summed E-state index contributed by atoms with van der Waals surface area (Å²) >= 11 is 0. The van der Waals surface area contributed by atoms with Gasteiger partial charge < -0.3 is 20.5 Å². The lowest BCUT2D eigenvalue weighted by atomic mass is 9.82. The average Bonchev–Trinajstić information content (AvgIpc) is 3.34. The van der Waals surface area contributed by atoms with Gasteiger partial charge in [0.1, 0.15) is 17.2 Å². The lowest BCUT2D eigenvalue weighted by Gasteiger charge is -2.30. The number of ether oxygens (including phenoxy) is 1. The van der Waals surface area contributed by atoms with Crippen LogP contribution in [0.15, 0.2) is 42.6 Å². The van der Waals surface area contributed by atoms with E-state index in [0.29, 0.717) is 22.8 Å². The van der Waals surface area contributed by atoms with E-state index >= 15 is 0 Å². The van der Waals surface area contributed by atoms with E-state index in [4.69, 9.17) is 9.72 Å². The predicted octanol–water partition coefficient (Wildman–Crippen LogP) is 5.69. The highest BCUT2D eigenvalue weighted by molar-refractivity contribution is 5.96. The summed E-state index contributed by atoms with van der Waals surface area (Å²) < 4.78 is 6.80. The second-order valence-corrected chi connectivity index (χ2v) is 11.1. The summed E-state index contributed by atoms with van der Waals surface area (Å²) in [6.45, 7) is 0. The number of carbonyl (C=O) groups excluding carboxylic acids is 2. The number of nitrogens with zero attached hydrogens (tertiary/aromatic N) is 2. The Morgan fingerprint density at radius 1 is 0.975 bits per heavy atom. The van der Waals surface area contributed by atoms with Gasteiger partial charge in [-0.2, -0.15) is 0 Å². The lowest BCUT2D eigenvalue weighted by Crippen LogP contribution is -2.42. The van der Waals surface area contributed by atoms with Gasteiger partial charge in [0.2, 0.25) is 0 Å². The first kappa shape index (κ1) is 27.7. The van der Waals surface area contributed by atoms with E-state index < -0.39 is 18.0 Å². The summed E-state index contributed by atoms with van der Waals surface area (Å²) in [6.07, 6.45) is 12.7. The number of fused-ring (bicyclic) bond motifs is 1. The molecule has 0 bridgehead atoms. The van der Waals surface area contributed by atoms with Crippen molar-refractivity contribution in [1.82, 2.24) is 14.7 Å². The summed E-state index contributed by atoms with van der Waals surface area (Å²) in [5, 5.41) is 16.2. The Labute approximate surface area is 234 Å². The van der Waals surface area contributed by atoms with Gasteiger partial charge in [-0.05, 0) is 55.9 Å². The fourth-order valence-corrected chi connectivity index (χ4v) is 6.16. The van der Waals surface area contributed by atoms with Crippen LogP contribution in [-0.4, -0.2) is 51.5 Å². The third-order valence-electron chi connectivity index (χ3n) is 8.34. The number of esters is 1. The quantitative estimate of drug-likeness (QED) is 0.295. The summed E-state index contributed by atoms with van der Waals surface area (Å²) in [7, 11) is 1.36. The smallest absolute Gasteiger partial charge is 0.337 e. The van der Waals surface area contributed by atoms with Gasteiger partial charge in [0.25, 0.3) is 5.91 Å². The number of imidazole rings is 1. The standard InChI is InChI=1S/C31H38N4O5/c1-40-31(39)22-14-12-21(13-15-22)28-29(32-24-10-6-3-7-11-24)35-17-16-23(18-26(35)34-28)30(38)33-25(19-27(36)37)20-8-4-2-5-9-20/h12-18,20,24-25,32H,2-11,19H2,1H3,(H,33,38)(H,36,37). The molecule has 9 heteroatoms. The molecule has 1 aromatic carbocycles. The molecule has 9 nitrogen and oxygen atoms in total. The van der Waals surface area contributed by atoms with Crippen molar-refractivity contribution < 1.29 is 24.2 Å². The third kappa shape index (κ3) is 6.29. The minimum Gasteiger partial charge on any atom is -0.481 e. The van der Waals surface area contributed by atoms with Crippen LogP contribution >= 0.6 is 0 Å². The number of carboxylic acids is 1. The molecule has 2 aromatic heterocycles. The van der Waals surface area contributed by atoms with Crippen LogP contribution in [-0.2, 0) is 9.53 Å². The molecular formula is C31H38N4O5. The molecule has 2 aliphatic rings. The van der Waals surface area contributed by atoms with Crippen LogP contribution in [0.5, 0.6) is 0 Å². The summed E-state index contributed by atoms with van der Waals surface area (Å²) in [5.41, 5.74) is 3.11. The van der Waals surface area contributed by atoms with Crippen molar-refractivity contribution in [1.29, 1.82) is 0 Å². The number of hydrogen-bond acceptors (Lipinski definition) is 6. The molecule has 2 fully saturated rings. The molecule has 0 spiro atoms. The zero-order chi connectivity index (χ0) is 28.1. The SMILES string of the molecule is COC(=O)c1ccc(-c2nc3cc(C(=O)NC(CC(=O)O)C4CCCCC4)ccn3c2NC2CCCCC2)cc1. The third-order valence-corrected chi connectivity index (χ3v) is 8.34.